The van der Waals surface area contributed by atoms with Gasteiger partial charge >= 0.3 is 72.4 Å². The zero-order valence-electron chi connectivity index (χ0n) is 5.83. The maximum atomic E-state index is 5.22. The van der Waals surface area contributed by atoms with Gasteiger partial charge in [-0.25, -0.2) is 0 Å². The second-order valence-corrected chi connectivity index (χ2v) is 3.45. The molecule has 2 nitrogen and oxygen atoms in total. The maximum absolute atomic E-state index is 5.22. The van der Waals surface area contributed by atoms with Crippen LogP contribution in [0.2, 0.25) is 0 Å². The zero-order chi connectivity index (χ0) is 7.68. The first-order valence-electron chi connectivity index (χ1n) is 3.40. The Hall–Kier alpha value is -0.791. The number of hydroxylamine groups is 1. The van der Waals surface area contributed by atoms with E-state index in [4.69, 9.17) is 4.84 Å². The average Bonchev–Trinajstić information content (AvgIpc) is 2.04. The van der Waals surface area contributed by atoms with Gasteiger partial charge in [-0.1, -0.05) is 0 Å². The fourth-order valence-corrected chi connectivity index (χ4v) is 1.48. The molecule has 1 aliphatic rings. The summed E-state index contributed by atoms with van der Waals surface area (Å²) in [6.07, 6.45) is 0.913. The van der Waals surface area contributed by atoms with E-state index in [0.29, 0.717) is 0 Å². The molecule has 0 bridgehead atoms. The molecule has 11 heavy (non-hydrogen) atoms. The van der Waals surface area contributed by atoms with Crippen LogP contribution >= 0.6 is 0 Å². The van der Waals surface area contributed by atoms with E-state index < -0.39 is 0 Å². The number of para-hydroxylation sites is 1. The summed E-state index contributed by atoms with van der Waals surface area (Å²) in [4.78, 5) is 5.22. The van der Waals surface area contributed by atoms with Crippen molar-refractivity contribution in [1.29, 1.82) is 0 Å². The van der Waals surface area contributed by atoms with Gasteiger partial charge in [-0.2, -0.15) is 0 Å². The number of hydrogen-bond acceptors (Lipinski definition) is 2. The van der Waals surface area contributed by atoms with Gasteiger partial charge in [0.25, 0.3) is 0 Å². The summed E-state index contributed by atoms with van der Waals surface area (Å²) < 4.78 is 1.03. The molecule has 0 saturated heterocycles. The minimum absolute atomic E-state index is 0.913. The Morgan fingerprint density at radius 3 is 3.09 bits per heavy atom. The van der Waals surface area contributed by atoms with Gasteiger partial charge in [-0.05, 0) is 0 Å². The van der Waals surface area contributed by atoms with Crippen molar-refractivity contribution in [3.8, 4) is 5.75 Å². The molecule has 0 amide bonds. The summed E-state index contributed by atoms with van der Waals surface area (Å²) in [7, 11) is 0. The quantitative estimate of drug-likeness (QED) is 0.629. The van der Waals surface area contributed by atoms with Gasteiger partial charge in [0.15, 0.2) is 0 Å². The van der Waals surface area contributed by atoms with Crippen LogP contribution in [0.1, 0.15) is 5.56 Å². The van der Waals surface area contributed by atoms with Crippen molar-refractivity contribution in [3.05, 3.63) is 29.8 Å². The van der Waals surface area contributed by atoms with Gasteiger partial charge in [0, 0.05) is 0 Å². The van der Waals surface area contributed by atoms with E-state index in [1.807, 2.05) is 18.2 Å². The molecule has 1 aromatic rings. The predicted molar refractivity (Wildman–Crippen MR) is 44.7 cm³/mol. The Morgan fingerprint density at radius 1 is 1.36 bits per heavy atom. The van der Waals surface area contributed by atoms with Crippen LogP contribution in [0.4, 0.5) is 0 Å². The second-order valence-electron chi connectivity index (χ2n) is 2.41. The van der Waals surface area contributed by atoms with Crippen molar-refractivity contribution in [1.82, 2.24) is 5.48 Å². The summed E-state index contributed by atoms with van der Waals surface area (Å²) in [5.74, 6) is 0.923. The van der Waals surface area contributed by atoms with E-state index in [1.165, 1.54) is 5.56 Å². The Kier molecular flexibility index (Phi) is 1.68. The Labute approximate surface area is 72.9 Å². The molecule has 1 heterocycles. The van der Waals surface area contributed by atoms with Crippen molar-refractivity contribution in [2.24, 2.45) is 0 Å². The summed E-state index contributed by atoms with van der Waals surface area (Å²) in [6, 6.07) is 7.99. The van der Waals surface area contributed by atoms with Gasteiger partial charge in [0.2, 0.25) is 0 Å². The molecule has 1 aliphatic heterocycles. The van der Waals surface area contributed by atoms with Gasteiger partial charge in [0.1, 0.15) is 0 Å². The van der Waals surface area contributed by atoms with Crippen LogP contribution in [0.5, 0.6) is 5.75 Å². The van der Waals surface area contributed by atoms with Crippen LogP contribution in [0.25, 0.3) is 0 Å². The monoisotopic (exact) mass is 213 g/mol. The molecule has 0 aromatic heterocycles. The van der Waals surface area contributed by atoms with Crippen molar-refractivity contribution in [2.75, 3.05) is 0 Å². The Bertz CT molecular complexity index is 298. The molecule has 0 saturated carbocycles. The van der Waals surface area contributed by atoms with E-state index in [-0.39, 0.29) is 0 Å². The standard InChI is InChI=1S/C8H7NOSe/c11-8-5-6-3-1-2-4-7(6)10-9-8/h1-4H,5H2,(H,9,11). The van der Waals surface area contributed by atoms with Crippen LogP contribution in [0.3, 0.4) is 0 Å². The fraction of sp³-hybridized carbons (Fsp3) is 0.125. The summed E-state index contributed by atoms with van der Waals surface area (Å²) in [6.45, 7) is 0. The van der Waals surface area contributed by atoms with Crippen LogP contribution in [-0.4, -0.2) is 20.1 Å². The van der Waals surface area contributed by atoms with Crippen LogP contribution in [0.15, 0.2) is 24.3 Å². The number of benzene rings is 1. The first-order chi connectivity index (χ1) is 5.36. The number of rotatable bonds is 0. The minimum atomic E-state index is 0.913. The van der Waals surface area contributed by atoms with Gasteiger partial charge < -0.3 is 0 Å². The predicted octanol–water partition coefficient (Wildman–Crippen LogP) is 0.424. The summed E-state index contributed by atoms with van der Waals surface area (Å²) in [5.41, 5.74) is 4.02. The van der Waals surface area contributed by atoms with Gasteiger partial charge in [-0.15, -0.1) is 0 Å². The van der Waals surface area contributed by atoms with Gasteiger partial charge in [-0.3, -0.25) is 0 Å². The topological polar surface area (TPSA) is 21.3 Å². The normalized spacial score (nSPS) is 14.7. The van der Waals surface area contributed by atoms with Crippen molar-refractivity contribution in [3.63, 3.8) is 0 Å². The third-order valence-electron chi connectivity index (χ3n) is 1.60. The van der Waals surface area contributed by atoms with Crippen LogP contribution in [-0.2, 0) is 6.42 Å². The van der Waals surface area contributed by atoms with E-state index >= 15 is 0 Å². The molecule has 0 spiro atoms. The van der Waals surface area contributed by atoms with E-state index in [9.17, 15) is 0 Å². The third kappa shape index (κ3) is 1.30. The van der Waals surface area contributed by atoms with E-state index in [1.54, 1.807) is 0 Å². The first kappa shape index (κ1) is 6.89. The molecule has 2 rings (SSSR count). The Morgan fingerprint density at radius 2 is 2.18 bits per heavy atom. The summed E-state index contributed by atoms with van der Waals surface area (Å²) in [5, 5.41) is 0. The molecule has 0 fully saturated rings. The molecule has 0 unspecified atom stereocenters. The van der Waals surface area contributed by atoms with Gasteiger partial charge in [0.05, 0.1) is 0 Å². The molecule has 56 valence electrons. The molecule has 1 aromatic carbocycles. The number of fused-ring (bicyclic) bond motifs is 1. The molecule has 1 N–H and O–H groups in total. The number of hydrogen-bond donors (Lipinski definition) is 1. The van der Waals surface area contributed by atoms with Crippen molar-refractivity contribution >= 4 is 20.1 Å². The van der Waals surface area contributed by atoms with E-state index in [0.717, 1.165) is 16.7 Å². The molecule has 0 atom stereocenters. The molecule has 3 heteroatoms. The molecular weight excluding hydrogens is 205 g/mol. The third-order valence-corrected chi connectivity index (χ3v) is 2.08. The van der Waals surface area contributed by atoms with Crippen LogP contribution < -0.4 is 10.3 Å². The van der Waals surface area contributed by atoms with Crippen molar-refractivity contribution < 1.29 is 4.84 Å². The molecular formula is C8H7NOSe. The first-order valence-corrected chi connectivity index (χ1v) is 4.25. The SMILES string of the molecule is [Se]=C1Cc2ccccc2ON1. The van der Waals surface area contributed by atoms with Crippen LogP contribution in [0, 0.1) is 0 Å². The Balaban J connectivity index is 2.41. The molecule has 0 radical (unpaired) electrons. The average molecular weight is 212 g/mol. The fourth-order valence-electron chi connectivity index (χ4n) is 1.07. The molecule has 0 aliphatic carbocycles. The summed E-state index contributed by atoms with van der Waals surface area (Å²) >= 11 is 2.90. The second kappa shape index (κ2) is 2.68. The zero-order valence-corrected chi connectivity index (χ0v) is 7.55. The van der Waals surface area contributed by atoms with E-state index in [2.05, 4.69) is 27.1 Å². The number of nitrogens with one attached hydrogen (secondary N) is 1. The van der Waals surface area contributed by atoms with Crippen molar-refractivity contribution in [2.45, 2.75) is 6.42 Å².